The molecule has 198 valence electrons. The molecule has 0 fully saturated rings. The first-order valence-corrected chi connectivity index (χ1v) is 18.1. The molecule has 35 heavy (non-hydrogen) atoms. The summed E-state index contributed by atoms with van der Waals surface area (Å²) in [4.78, 5) is 0. The third kappa shape index (κ3) is 11.6. The van der Waals surface area contributed by atoms with Gasteiger partial charge in [0, 0.05) is 0 Å². The van der Waals surface area contributed by atoms with Gasteiger partial charge in [0.25, 0.3) is 0 Å². The van der Waals surface area contributed by atoms with Crippen molar-refractivity contribution in [2.24, 2.45) is 0 Å². The summed E-state index contributed by atoms with van der Waals surface area (Å²) in [5, 5.41) is 5.17. The van der Waals surface area contributed by atoms with Crippen molar-refractivity contribution in [3.05, 3.63) is 75.9 Å². The number of nitrogens with zero attached hydrogens (tertiary/aromatic N) is 1. The van der Waals surface area contributed by atoms with Crippen molar-refractivity contribution in [1.29, 1.82) is 0 Å². The van der Waals surface area contributed by atoms with E-state index in [1.54, 1.807) is 0 Å². The van der Waals surface area contributed by atoms with Crippen LogP contribution >= 0.6 is 7.92 Å². The number of rotatable bonds is 8. The fourth-order valence-corrected chi connectivity index (χ4v) is 6.20. The monoisotopic (exact) mass is 555 g/mol. The van der Waals surface area contributed by atoms with Gasteiger partial charge in [0.1, 0.15) is 0 Å². The molecule has 1 aliphatic heterocycles. The molecule has 1 nitrogen and oxygen atoms in total. The van der Waals surface area contributed by atoms with Crippen LogP contribution in [0.1, 0.15) is 112 Å². The molecule has 0 atom stereocenters. The Morgan fingerprint density at radius 1 is 0.857 bits per heavy atom. The zero-order valence-corrected chi connectivity index (χ0v) is 27.6. The molecule has 0 saturated carbocycles. The maximum Gasteiger partial charge on any atom is 2.00 e. The molecule has 1 aromatic carbocycles. The third-order valence-corrected chi connectivity index (χ3v) is 8.58. The van der Waals surface area contributed by atoms with Gasteiger partial charge in [-0.15, -0.1) is 19.5 Å². The summed E-state index contributed by atoms with van der Waals surface area (Å²) in [6.45, 7) is 29.2. The molecule has 0 N–H and O–H groups in total. The predicted molar refractivity (Wildman–Crippen MR) is 163 cm³/mol. The molecule has 0 aliphatic carbocycles. The van der Waals surface area contributed by atoms with Crippen molar-refractivity contribution in [3.63, 3.8) is 0 Å². The quantitative estimate of drug-likeness (QED) is 0.172. The fraction of sp³-hybridized carbons (Fsp3) is 0.581. The molecular weight excluding hydrogens is 501 g/mol. The molecule has 1 aromatic rings. The first kappa shape index (κ1) is 30.6. The Bertz CT molecular complexity index is 904. The van der Waals surface area contributed by atoms with Crippen LogP contribution in [0.2, 0.25) is 19.6 Å². The minimum Gasteiger partial charge on any atom is -0.657 e. The van der Waals surface area contributed by atoms with E-state index in [-0.39, 0.29) is 31.5 Å². The van der Waals surface area contributed by atoms with Crippen molar-refractivity contribution >= 4 is 21.7 Å². The van der Waals surface area contributed by atoms with Gasteiger partial charge in [-0.25, -0.2) is 2.74 Å². The van der Waals surface area contributed by atoms with Crippen molar-refractivity contribution in [2.45, 2.75) is 118 Å². The van der Waals surface area contributed by atoms with Crippen LogP contribution in [0.4, 0.5) is 0 Å². The number of hydrogen-bond acceptors (Lipinski definition) is 0. The zero-order valence-electron chi connectivity index (χ0n) is 26.6. The smallest absolute Gasteiger partial charge is 0.657 e. The molecule has 0 saturated heterocycles. The molecule has 1 heterocycles. The second-order valence-corrected chi connectivity index (χ2v) is 19.7. The summed E-state index contributed by atoms with van der Waals surface area (Å²) >= 11 is 0. The first-order valence-electron chi connectivity index (χ1n) is 14.0. The Hall–Kier alpha value is -0.594. The van der Waals surface area contributed by atoms with Crippen LogP contribution in [-0.4, -0.2) is 19.4 Å². The summed E-state index contributed by atoms with van der Waals surface area (Å²) in [5.41, 5.74) is 9.27. The summed E-state index contributed by atoms with van der Waals surface area (Å²) in [7, 11) is -1.66. The molecule has 0 aromatic heterocycles. The van der Waals surface area contributed by atoms with Gasteiger partial charge >= 0.3 is 17.1 Å². The molecule has 1 aliphatic rings. The van der Waals surface area contributed by atoms with E-state index in [9.17, 15) is 0 Å². The summed E-state index contributed by atoms with van der Waals surface area (Å²) in [6, 6.07) is 4.84. The van der Waals surface area contributed by atoms with Gasteiger partial charge in [-0.1, -0.05) is 133 Å². The molecule has 4 heteroatoms. The Kier molecular flexibility index (Phi) is 13.1. The van der Waals surface area contributed by atoms with E-state index in [1.807, 2.05) is 19.6 Å². The second-order valence-electron chi connectivity index (χ2n) is 12.0. The second kappa shape index (κ2) is 15.0. The van der Waals surface area contributed by atoms with Gasteiger partial charge in [-0.3, -0.25) is 0 Å². The van der Waals surface area contributed by atoms with Crippen molar-refractivity contribution in [1.82, 2.24) is 0 Å². The zero-order chi connectivity index (χ0) is 28.0. The van der Waals surface area contributed by atoms with Gasteiger partial charge in [-0.05, 0) is 51.3 Å². The normalized spacial score (nSPS) is 16.0. The average Bonchev–Trinajstić information content (AvgIpc) is 2.75. The van der Waals surface area contributed by atoms with Crippen molar-refractivity contribution < 1.29 is 19.8 Å². The van der Waals surface area contributed by atoms with E-state index in [1.165, 1.54) is 22.3 Å². The molecule has 0 bridgehead atoms. The van der Waals surface area contributed by atoms with Crippen molar-refractivity contribution in [3.8, 4) is 0 Å². The van der Waals surface area contributed by atoms with E-state index in [0.29, 0.717) is 29.1 Å². The molecule has 0 amide bonds. The SMILES string of the molecule is CC(C)c1cc(C(C)C)c(C2=CC=C/C(=C/P(C(C)C)C(C)C)[N-]2)c(C(C)C)c1.[2H][C-]([2H])[Si](C)(C)C.[Fe+2]. The topological polar surface area (TPSA) is 14.1 Å². The van der Waals surface area contributed by atoms with Crippen LogP contribution in [0.5, 0.6) is 0 Å². The van der Waals surface area contributed by atoms with E-state index in [2.05, 4.69) is 105 Å². The van der Waals surface area contributed by atoms with E-state index in [4.69, 9.17) is 8.06 Å². The predicted octanol–water partition coefficient (Wildman–Crippen LogP) is 11.2. The molecular formula is C31H52FeNPSi. The maximum absolute atomic E-state index is 6.87. The Balaban J connectivity index is 0.00000142. The van der Waals surface area contributed by atoms with E-state index in [0.717, 1.165) is 11.4 Å². The van der Waals surface area contributed by atoms with Gasteiger partial charge in [0.15, 0.2) is 0 Å². The Labute approximate surface area is 234 Å². The van der Waals surface area contributed by atoms with Crippen LogP contribution in [0, 0.1) is 6.50 Å². The van der Waals surface area contributed by atoms with Gasteiger partial charge in [0.2, 0.25) is 0 Å². The van der Waals surface area contributed by atoms with Gasteiger partial charge < -0.3 is 11.8 Å². The van der Waals surface area contributed by atoms with Crippen LogP contribution in [0.3, 0.4) is 0 Å². The Morgan fingerprint density at radius 3 is 1.66 bits per heavy atom. The molecule has 2 rings (SSSR count). The van der Waals surface area contributed by atoms with Crippen LogP contribution in [-0.2, 0) is 17.1 Å². The van der Waals surface area contributed by atoms with Gasteiger partial charge in [0.05, 0.1) is 0 Å². The molecule has 0 unspecified atom stereocenters. The Morgan fingerprint density at radius 2 is 1.31 bits per heavy atom. The molecule has 0 spiro atoms. The number of allylic oxidation sites excluding steroid dienone is 3. The summed E-state index contributed by atoms with van der Waals surface area (Å²) in [5.74, 6) is 3.92. The maximum atomic E-state index is 6.87. The summed E-state index contributed by atoms with van der Waals surface area (Å²) < 4.78 is 13.7. The number of hydrogen-bond donors (Lipinski definition) is 0. The molecule has 0 radical (unpaired) electrons. The minimum absolute atomic E-state index is 0. The van der Waals surface area contributed by atoms with Gasteiger partial charge in [-0.2, -0.15) is 0 Å². The van der Waals surface area contributed by atoms with Crippen LogP contribution < -0.4 is 0 Å². The van der Waals surface area contributed by atoms with Crippen molar-refractivity contribution in [2.75, 3.05) is 0 Å². The van der Waals surface area contributed by atoms with E-state index < -0.39 is 8.07 Å². The summed E-state index contributed by atoms with van der Waals surface area (Å²) in [6.07, 6.45) is 6.57. The number of benzene rings is 1. The third-order valence-electron chi connectivity index (χ3n) is 5.63. The first-order chi connectivity index (χ1) is 16.5. The average molecular weight is 556 g/mol. The standard InChI is InChI=1S/C27H41NP.C4H11Si.Fe/c1-17(2)22-14-24(18(3)4)27(25(15-22)19(5)6)26-13-11-12-23(28-26)16-29(20(7)8)21(9)10;1-5(2,3)4;/h11-21H,1-10H3;1H2,2-4H3;/q2*-1;+2/b23-16-;;/i;1D2;. The fourth-order valence-electron chi connectivity index (χ4n) is 3.96. The minimum atomic E-state index is -1.48. The van der Waals surface area contributed by atoms with Crippen LogP contribution in [0.15, 0.2) is 41.9 Å². The van der Waals surface area contributed by atoms with Crippen LogP contribution in [0.25, 0.3) is 11.0 Å². The van der Waals surface area contributed by atoms with E-state index >= 15 is 0 Å². The largest absolute Gasteiger partial charge is 2.00 e.